The van der Waals surface area contributed by atoms with Crippen molar-refractivity contribution in [1.82, 2.24) is 10.2 Å². The normalized spacial score (nSPS) is 20.1. The first-order valence-electron chi connectivity index (χ1n) is 16.0. The Hall–Kier alpha value is -2.85. The smallest absolute Gasteiger partial charge is 0.227 e. The van der Waals surface area contributed by atoms with E-state index in [1.165, 1.54) is 5.56 Å². The van der Waals surface area contributed by atoms with Gasteiger partial charge in [-0.25, -0.2) is 0 Å². The van der Waals surface area contributed by atoms with Crippen LogP contribution in [-0.2, 0) is 25.6 Å². The Kier molecular flexibility index (Phi) is 12.7. The molecule has 44 heavy (non-hydrogen) atoms. The predicted molar refractivity (Wildman–Crippen MR) is 174 cm³/mol. The molecule has 0 unspecified atom stereocenters. The van der Waals surface area contributed by atoms with Crippen LogP contribution in [0.15, 0.2) is 42.5 Å². The van der Waals surface area contributed by atoms with Crippen molar-refractivity contribution in [2.45, 2.75) is 64.2 Å². The number of methoxy groups -OCH3 is 2. The Labute approximate surface area is 264 Å². The van der Waals surface area contributed by atoms with Crippen LogP contribution in [0.5, 0.6) is 11.5 Å². The van der Waals surface area contributed by atoms with Gasteiger partial charge in [0.2, 0.25) is 5.91 Å². The predicted octanol–water partition coefficient (Wildman–Crippen LogP) is 4.87. The van der Waals surface area contributed by atoms with Gasteiger partial charge in [0.25, 0.3) is 0 Å². The second-order valence-electron chi connectivity index (χ2n) is 12.8. The van der Waals surface area contributed by atoms with E-state index in [0.717, 1.165) is 68.1 Å². The summed E-state index contributed by atoms with van der Waals surface area (Å²) in [4.78, 5) is 17.0. The molecule has 0 spiro atoms. The number of carbonyl (C=O) groups is 1. The number of hydrogen-bond donors (Lipinski definition) is 1. The van der Waals surface area contributed by atoms with Crippen LogP contribution in [-0.4, -0.2) is 97.3 Å². The zero-order valence-corrected chi connectivity index (χ0v) is 27.6. The van der Waals surface area contributed by atoms with Gasteiger partial charge in [0.15, 0.2) is 0 Å². The molecule has 9 heteroatoms. The molecule has 0 bridgehead atoms. The van der Waals surface area contributed by atoms with E-state index in [1.807, 2.05) is 27.9 Å². The molecule has 2 heterocycles. The fourth-order valence-corrected chi connectivity index (χ4v) is 6.40. The summed E-state index contributed by atoms with van der Waals surface area (Å²) < 4.78 is 29.0. The van der Waals surface area contributed by atoms with Gasteiger partial charge in [-0.1, -0.05) is 32.0 Å². The van der Waals surface area contributed by atoms with Crippen molar-refractivity contribution in [2.24, 2.45) is 5.41 Å². The summed E-state index contributed by atoms with van der Waals surface area (Å²) in [5.74, 6) is 2.12. The summed E-state index contributed by atoms with van der Waals surface area (Å²) in [6.45, 7) is 9.87. The van der Waals surface area contributed by atoms with Crippen molar-refractivity contribution in [3.8, 4) is 11.5 Å². The highest BCUT2D eigenvalue weighted by molar-refractivity contribution is 5.81. The third kappa shape index (κ3) is 9.33. The molecule has 1 amide bonds. The number of amides is 1. The summed E-state index contributed by atoms with van der Waals surface area (Å²) in [5, 5.41) is 3.72. The molecule has 9 nitrogen and oxygen atoms in total. The number of rotatable bonds is 16. The van der Waals surface area contributed by atoms with E-state index in [1.54, 1.807) is 19.1 Å². The van der Waals surface area contributed by atoms with Crippen molar-refractivity contribution >= 4 is 11.6 Å². The second-order valence-corrected chi connectivity index (χ2v) is 12.8. The van der Waals surface area contributed by atoms with Crippen LogP contribution in [0, 0.1) is 5.41 Å². The first-order chi connectivity index (χ1) is 21.2. The van der Waals surface area contributed by atoms with Crippen LogP contribution in [0.3, 0.4) is 0 Å². The molecule has 4 rings (SSSR count). The highest BCUT2D eigenvalue weighted by atomic mass is 16.5. The van der Waals surface area contributed by atoms with Crippen LogP contribution < -0.4 is 19.7 Å². The summed E-state index contributed by atoms with van der Waals surface area (Å²) >= 11 is 0. The fraction of sp³-hybridized carbons (Fsp3) is 0.629. The molecule has 1 saturated heterocycles. The monoisotopic (exact) mass is 611 g/mol. The van der Waals surface area contributed by atoms with Gasteiger partial charge < -0.3 is 38.8 Å². The molecule has 1 fully saturated rings. The van der Waals surface area contributed by atoms with E-state index in [4.69, 9.17) is 23.7 Å². The molecule has 2 aromatic rings. The van der Waals surface area contributed by atoms with Gasteiger partial charge in [-0.05, 0) is 54.7 Å². The minimum atomic E-state index is -0.459. The molecule has 2 aliphatic heterocycles. The van der Waals surface area contributed by atoms with Gasteiger partial charge in [-0.3, -0.25) is 4.79 Å². The van der Waals surface area contributed by atoms with Crippen molar-refractivity contribution in [1.29, 1.82) is 0 Å². The molecular formula is C35H53N3O6. The van der Waals surface area contributed by atoms with Gasteiger partial charge in [0.05, 0.1) is 31.5 Å². The largest absolute Gasteiger partial charge is 0.494 e. The molecular weight excluding hydrogens is 558 g/mol. The van der Waals surface area contributed by atoms with Crippen molar-refractivity contribution in [3.05, 3.63) is 53.6 Å². The quantitative estimate of drug-likeness (QED) is 0.269. The summed E-state index contributed by atoms with van der Waals surface area (Å²) in [6, 6.07) is 15.0. The lowest BCUT2D eigenvalue weighted by atomic mass is 9.77. The average Bonchev–Trinajstić information content (AvgIpc) is 3.02. The van der Waals surface area contributed by atoms with Gasteiger partial charge in [0.1, 0.15) is 18.1 Å². The topological polar surface area (TPSA) is 81.7 Å². The lowest BCUT2D eigenvalue weighted by Gasteiger charge is -2.40. The molecule has 2 aromatic carbocycles. The maximum absolute atomic E-state index is 12.9. The number of piperidine rings is 1. The second kappa shape index (κ2) is 16.5. The standard InChI is InChI=1S/C35H53N3O6/c1-35(2,34(39)37(3)4)23-28-22-30(27-10-12-29(13-11-27)42-19-8-18-41-6)33(24-36-28)44-25-26-9-14-32-31(21-26)38(16-20-43-32)15-7-17-40-5/h9-14,21,28,30,33,36H,7-8,15-20,22-25H2,1-6H3/t28-,30-,33+/m1/s1. The average molecular weight is 612 g/mol. The third-order valence-electron chi connectivity index (χ3n) is 8.63. The maximum atomic E-state index is 12.9. The molecule has 1 N–H and O–H groups in total. The number of fused-ring (bicyclic) bond motifs is 1. The van der Waals surface area contributed by atoms with Crippen molar-refractivity contribution < 1.29 is 28.5 Å². The van der Waals surface area contributed by atoms with Crippen LogP contribution >= 0.6 is 0 Å². The lowest BCUT2D eigenvalue weighted by Crippen LogP contribution is -2.50. The van der Waals surface area contributed by atoms with E-state index >= 15 is 0 Å². The maximum Gasteiger partial charge on any atom is 0.227 e. The van der Waals surface area contributed by atoms with Crippen LogP contribution in [0.25, 0.3) is 0 Å². The summed E-state index contributed by atoms with van der Waals surface area (Å²) in [7, 11) is 7.11. The first kappa shape index (κ1) is 34.0. The van der Waals surface area contributed by atoms with E-state index in [0.29, 0.717) is 33.0 Å². The van der Waals surface area contributed by atoms with E-state index in [-0.39, 0.29) is 24.0 Å². The molecule has 0 aromatic heterocycles. The number of benzene rings is 2. The number of hydrogen-bond acceptors (Lipinski definition) is 8. The number of ether oxygens (including phenoxy) is 5. The van der Waals surface area contributed by atoms with E-state index in [9.17, 15) is 4.79 Å². The van der Waals surface area contributed by atoms with Gasteiger partial charge in [-0.2, -0.15) is 0 Å². The number of nitrogens with one attached hydrogen (secondary N) is 1. The van der Waals surface area contributed by atoms with Gasteiger partial charge >= 0.3 is 0 Å². The molecule has 0 saturated carbocycles. The Morgan fingerprint density at radius 2 is 1.80 bits per heavy atom. The molecule has 0 aliphatic carbocycles. The van der Waals surface area contributed by atoms with Crippen LogP contribution in [0.4, 0.5) is 5.69 Å². The summed E-state index contributed by atoms with van der Waals surface area (Å²) in [6.07, 6.45) is 3.45. The van der Waals surface area contributed by atoms with Crippen LogP contribution in [0.1, 0.15) is 56.6 Å². The number of carbonyl (C=O) groups excluding carboxylic acids is 1. The summed E-state index contributed by atoms with van der Waals surface area (Å²) in [5.41, 5.74) is 3.02. The van der Waals surface area contributed by atoms with E-state index in [2.05, 4.69) is 52.7 Å². The van der Waals surface area contributed by atoms with Gasteiger partial charge in [-0.15, -0.1) is 0 Å². The van der Waals surface area contributed by atoms with E-state index < -0.39 is 5.41 Å². The van der Waals surface area contributed by atoms with Crippen molar-refractivity contribution in [2.75, 3.05) is 79.3 Å². The van der Waals surface area contributed by atoms with Gasteiger partial charge in [0, 0.05) is 78.4 Å². The zero-order valence-electron chi connectivity index (χ0n) is 27.6. The third-order valence-corrected chi connectivity index (χ3v) is 8.63. The highest BCUT2D eigenvalue weighted by Crippen LogP contribution is 2.37. The first-order valence-corrected chi connectivity index (χ1v) is 16.0. The zero-order chi connectivity index (χ0) is 31.5. The van der Waals surface area contributed by atoms with Crippen LogP contribution in [0.2, 0.25) is 0 Å². The SMILES string of the molecule is COCCCOc1ccc([C@H]2C[C@H](CC(C)(C)C(=O)N(C)C)NC[C@@H]2OCc2ccc3c(c2)N(CCCOC)CCO3)cc1. The lowest BCUT2D eigenvalue weighted by molar-refractivity contribution is -0.138. The Morgan fingerprint density at radius 1 is 1.05 bits per heavy atom. The highest BCUT2D eigenvalue weighted by Gasteiger charge is 2.38. The Bertz CT molecular complexity index is 1170. The fourth-order valence-electron chi connectivity index (χ4n) is 6.40. The molecule has 3 atom stereocenters. The minimum absolute atomic E-state index is 0.0162. The van der Waals surface area contributed by atoms with Crippen molar-refractivity contribution in [3.63, 3.8) is 0 Å². The molecule has 2 aliphatic rings. The number of anilines is 1. The Balaban J connectivity index is 1.47. The molecule has 244 valence electrons. The Morgan fingerprint density at radius 3 is 2.52 bits per heavy atom. The molecule has 0 radical (unpaired) electrons. The number of nitrogens with zero attached hydrogens (tertiary/aromatic N) is 2. The minimum Gasteiger partial charge on any atom is -0.494 e.